The molecule has 3 N–H and O–H groups in total. The van der Waals surface area contributed by atoms with Crippen molar-refractivity contribution in [2.24, 2.45) is 0 Å². The van der Waals surface area contributed by atoms with Gasteiger partial charge in [0.05, 0.1) is 26.0 Å². The van der Waals surface area contributed by atoms with Crippen LogP contribution in [-0.4, -0.2) is 37.7 Å². The molecule has 0 radical (unpaired) electrons. The fourth-order valence-electron chi connectivity index (χ4n) is 2.19. The molecular formula is C18H19FN2O5. The van der Waals surface area contributed by atoms with Crippen LogP contribution in [0.2, 0.25) is 0 Å². The number of carbonyl (C=O) groups excluding carboxylic acids is 2. The van der Waals surface area contributed by atoms with Crippen LogP contribution in [0, 0.1) is 5.82 Å². The predicted octanol–water partition coefficient (Wildman–Crippen LogP) is 1.63. The molecule has 0 aliphatic heterocycles. The highest BCUT2D eigenvalue weighted by molar-refractivity contribution is 6.39. The SMILES string of the molecule is COc1ccc(C(O)CNC(=O)C(=O)Nc2ccccc2F)cc1OC. The maximum atomic E-state index is 13.5. The zero-order valence-electron chi connectivity index (χ0n) is 14.3. The number of halogens is 1. The van der Waals surface area contributed by atoms with Crippen LogP contribution in [0.25, 0.3) is 0 Å². The lowest BCUT2D eigenvalue weighted by Crippen LogP contribution is -2.37. The van der Waals surface area contributed by atoms with E-state index in [0.29, 0.717) is 17.1 Å². The van der Waals surface area contributed by atoms with E-state index in [-0.39, 0.29) is 12.2 Å². The molecule has 0 saturated heterocycles. The van der Waals surface area contributed by atoms with Crippen LogP contribution in [-0.2, 0) is 9.59 Å². The van der Waals surface area contributed by atoms with E-state index in [1.165, 1.54) is 32.4 Å². The molecule has 0 aromatic heterocycles. The average molecular weight is 362 g/mol. The van der Waals surface area contributed by atoms with Crippen molar-refractivity contribution in [3.63, 3.8) is 0 Å². The lowest BCUT2D eigenvalue weighted by atomic mass is 10.1. The number of para-hydroxylation sites is 1. The Morgan fingerprint density at radius 3 is 2.42 bits per heavy atom. The smallest absolute Gasteiger partial charge is 0.313 e. The van der Waals surface area contributed by atoms with Gasteiger partial charge in [0.25, 0.3) is 0 Å². The predicted molar refractivity (Wildman–Crippen MR) is 92.5 cm³/mol. The van der Waals surface area contributed by atoms with Gasteiger partial charge in [0.2, 0.25) is 0 Å². The molecule has 0 saturated carbocycles. The van der Waals surface area contributed by atoms with Gasteiger partial charge in [-0.15, -0.1) is 0 Å². The number of hydrogen-bond donors (Lipinski definition) is 3. The zero-order valence-corrected chi connectivity index (χ0v) is 14.3. The number of hydrogen-bond acceptors (Lipinski definition) is 5. The van der Waals surface area contributed by atoms with E-state index >= 15 is 0 Å². The van der Waals surface area contributed by atoms with Crippen molar-refractivity contribution in [1.29, 1.82) is 0 Å². The normalized spacial score (nSPS) is 11.4. The Morgan fingerprint density at radius 1 is 1.08 bits per heavy atom. The zero-order chi connectivity index (χ0) is 19.1. The van der Waals surface area contributed by atoms with Gasteiger partial charge in [-0.3, -0.25) is 9.59 Å². The summed E-state index contributed by atoms with van der Waals surface area (Å²) < 4.78 is 23.7. The molecule has 2 aromatic rings. The number of carbonyl (C=O) groups is 2. The number of amides is 2. The minimum absolute atomic E-state index is 0.104. The fourth-order valence-corrected chi connectivity index (χ4v) is 2.19. The molecule has 0 aliphatic carbocycles. The van der Waals surface area contributed by atoms with E-state index in [9.17, 15) is 19.1 Å². The van der Waals surface area contributed by atoms with Crippen LogP contribution in [0.3, 0.4) is 0 Å². The third-order valence-electron chi connectivity index (χ3n) is 3.58. The number of anilines is 1. The first kappa shape index (κ1) is 19.2. The summed E-state index contributed by atoms with van der Waals surface area (Å²) in [5.41, 5.74) is 0.366. The molecule has 0 spiro atoms. The Balaban J connectivity index is 1.94. The topological polar surface area (TPSA) is 96.9 Å². The second kappa shape index (κ2) is 8.82. The summed E-state index contributed by atoms with van der Waals surface area (Å²) in [6, 6.07) is 10.3. The first-order chi connectivity index (χ1) is 12.5. The second-order valence-corrected chi connectivity index (χ2v) is 5.27. The summed E-state index contributed by atoms with van der Waals surface area (Å²) in [7, 11) is 2.95. The Kier molecular flexibility index (Phi) is 6.51. The first-order valence-corrected chi connectivity index (χ1v) is 7.70. The van der Waals surface area contributed by atoms with Crippen LogP contribution in [0.15, 0.2) is 42.5 Å². The summed E-state index contributed by atoms with van der Waals surface area (Å²) in [5.74, 6) is -1.76. The summed E-state index contributed by atoms with van der Waals surface area (Å²) in [4.78, 5) is 23.6. The van der Waals surface area contributed by atoms with Crippen molar-refractivity contribution in [2.75, 3.05) is 26.1 Å². The molecule has 2 rings (SSSR count). The summed E-state index contributed by atoms with van der Waals surface area (Å²) >= 11 is 0. The van der Waals surface area contributed by atoms with Crippen molar-refractivity contribution in [3.05, 3.63) is 53.8 Å². The molecule has 7 nitrogen and oxygen atoms in total. The molecule has 0 fully saturated rings. The Bertz CT molecular complexity index is 797. The Morgan fingerprint density at radius 2 is 1.77 bits per heavy atom. The molecule has 26 heavy (non-hydrogen) atoms. The van der Waals surface area contributed by atoms with E-state index in [1.807, 2.05) is 0 Å². The van der Waals surface area contributed by atoms with Crippen LogP contribution in [0.1, 0.15) is 11.7 Å². The van der Waals surface area contributed by atoms with Gasteiger partial charge in [0.15, 0.2) is 11.5 Å². The second-order valence-electron chi connectivity index (χ2n) is 5.27. The standard InChI is InChI=1S/C18H19FN2O5/c1-25-15-8-7-11(9-16(15)26-2)14(22)10-20-17(23)18(24)21-13-6-4-3-5-12(13)19/h3-9,14,22H,10H2,1-2H3,(H,20,23)(H,21,24). The van der Waals surface area contributed by atoms with Crippen LogP contribution in [0.5, 0.6) is 11.5 Å². The van der Waals surface area contributed by atoms with Crippen LogP contribution in [0.4, 0.5) is 10.1 Å². The third kappa shape index (κ3) is 4.70. The number of benzene rings is 2. The quantitative estimate of drug-likeness (QED) is 0.679. The molecule has 2 amide bonds. The summed E-state index contributed by atoms with van der Waals surface area (Å²) in [6.45, 7) is -0.209. The van der Waals surface area contributed by atoms with Crippen molar-refractivity contribution >= 4 is 17.5 Å². The van der Waals surface area contributed by atoms with E-state index in [4.69, 9.17) is 9.47 Å². The van der Waals surface area contributed by atoms with Gasteiger partial charge in [0, 0.05) is 6.54 Å². The summed E-state index contributed by atoms with van der Waals surface area (Å²) in [6.07, 6.45) is -1.07. The number of ether oxygens (including phenoxy) is 2. The number of methoxy groups -OCH3 is 2. The molecular weight excluding hydrogens is 343 g/mol. The number of rotatable bonds is 6. The van der Waals surface area contributed by atoms with Gasteiger partial charge >= 0.3 is 11.8 Å². The van der Waals surface area contributed by atoms with Gasteiger partial charge in [-0.1, -0.05) is 18.2 Å². The van der Waals surface area contributed by atoms with Crippen molar-refractivity contribution in [2.45, 2.75) is 6.10 Å². The van der Waals surface area contributed by atoms with Gasteiger partial charge in [0.1, 0.15) is 5.82 Å². The highest BCUT2D eigenvalue weighted by Crippen LogP contribution is 2.29. The van der Waals surface area contributed by atoms with Gasteiger partial charge in [-0.2, -0.15) is 0 Å². The van der Waals surface area contributed by atoms with E-state index in [1.54, 1.807) is 18.2 Å². The lowest BCUT2D eigenvalue weighted by Gasteiger charge is -2.15. The maximum absolute atomic E-state index is 13.5. The van der Waals surface area contributed by atoms with E-state index in [0.717, 1.165) is 6.07 Å². The first-order valence-electron chi connectivity index (χ1n) is 7.70. The summed E-state index contributed by atoms with van der Waals surface area (Å²) in [5, 5.41) is 14.6. The van der Waals surface area contributed by atoms with Crippen LogP contribution < -0.4 is 20.1 Å². The van der Waals surface area contributed by atoms with Crippen molar-refractivity contribution in [3.8, 4) is 11.5 Å². The van der Waals surface area contributed by atoms with Gasteiger partial charge < -0.3 is 25.2 Å². The largest absolute Gasteiger partial charge is 0.493 e. The van der Waals surface area contributed by atoms with E-state index in [2.05, 4.69) is 10.6 Å². The van der Waals surface area contributed by atoms with Crippen LogP contribution >= 0.6 is 0 Å². The molecule has 1 atom stereocenters. The number of aliphatic hydroxyl groups excluding tert-OH is 1. The fraction of sp³-hybridized carbons (Fsp3) is 0.222. The van der Waals surface area contributed by atoms with Crippen molar-refractivity contribution in [1.82, 2.24) is 5.32 Å². The van der Waals surface area contributed by atoms with Crippen molar-refractivity contribution < 1.29 is 28.6 Å². The van der Waals surface area contributed by atoms with E-state index < -0.39 is 23.7 Å². The maximum Gasteiger partial charge on any atom is 0.313 e. The number of aliphatic hydroxyl groups is 1. The Hall–Kier alpha value is -3.13. The monoisotopic (exact) mass is 362 g/mol. The average Bonchev–Trinajstić information content (AvgIpc) is 2.66. The van der Waals surface area contributed by atoms with Gasteiger partial charge in [-0.05, 0) is 29.8 Å². The molecule has 2 aromatic carbocycles. The molecule has 0 aliphatic rings. The molecule has 0 heterocycles. The Labute approximate surface area is 149 Å². The minimum Gasteiger partial charge on any atom is -0.493 e. The number of nitrogens with one attached hydrogen (secondary N) is 2. The molecule has 138 valence electrons. The lowest BCUT2D eigenvalue weighted by molar-refractivity contribution is -0.136. The highest BCUT2D eigenvalue weighted by atomic mass is 19.1. The van der Waals surface area contributed by atoms with Gasteiger partial charge in [-0.25, -0.2) is 4.39 Å². The third-order valence-corrected chi connectivity index (χ3v) is 3.58. The molecule has 0 bridgehead atoms. The molecule has 1 unspecified atom stereocenters. The minimum atomic E-state index is -1.07. The molecule has 8 heteroatoms. The highest BCUT2D eigenvalue weighted by Gasteiger charge is 2.18.